The first-order chi connectivity index (χ1) is 8.67. The zero-order valence-corrected chi connectivity index (χ0v) is 10.2. The lowest BCUT2D eigenvalue weighted by molar-refractivity contribution is -0.143. The van der Waals surface area contributed by atoms with Crippen LogP contribution in [0.3, 0.4) is 0 Å². The fraction of sp³-hybridized carbons (Fsp3) is 0.385. The number of rotatable bonds is 6. The van der Waals surface area contributed by atoms with Crippen LogP contribution in [-0.2, 0) is 9.53 Å². The number of halogens is 1. The zero-order valence-electron chi connectivity index (χ0n) is 10.2. The molecule has 0 heterocycles. The van der Waals surface area contributed by atoms with Gasteiger partial charge in [0.25, 0.3) is 0 Å². The first-order valence-electron chi connectivity index (χ1n) is 5.76. The first kappa shape index (κ1) is 14.0. The van der Waals surface area contributed by atoms with Crippen molar-refractivity contribution < 1.29 is 13.9 Å². The Morgan fingerprint density at radius 2 is 2.33 bits per heavy atom. The van der Waals surface area contributed by atoms with Gasteiger partial charge in [0.1, 0.15) is 11.9 Å². The summed E-state index contributed by atoms with van der Waals surface area (Å²) < 4.78 is 18.0. The minimum atomic E-state index is -0.548. The Balaban J connectivity index is 2.34. The van der Waals surface area contributed by atoms with E-state index in [9.17, 15) is 9.18 Å². The number of hydrogen-bond donors (Lipinski definition) is 1. The minimum absolute atomic E-state index is 0.0204. The Morgan fingerprint density at radius 1 is 1.56 bits per heavy atom. The third-order valence-corrected chi connectivity index (χ3v) is 2.28. The molecule has 1 N–H and O–H groups in total. The number of esters is 1. The number of ether oxygens (including phenoxy) is 1. The standard InChI is InChI=1S/C13H15FN2O2/c1-2-18-13(17)4-3-7-16-11-6-5-10(9-15)12(14)8-11/h5-6,8,16H,2-4,7H2,1H3. The lowest BCUT2D eigenvalue weighted by atomic mass is 10.2. The van der Waals surface area contributed by atoms with E-state index < -0.39 is 5.82 Å². The molecule has 0 fully saturated rings. The third kappa shape index (κ3) is 4.42. The van der Waals surface area contributed by atoms with Crippen molar-refractivity contribution in [2.45, 2.75) is 19.8 Å². The Bertz CT molecular complexity index is 455. The van der Waals surface area contributed by atoms with Gasteiger partial charge in [0, 0.05) is 18.7 Å². The van der Waals surface area contributed by atoms with Crippen LogP contribution in [0.4, 0.5) is 10.1 Å². The summed E-state index contributed by atoms with van der Waals surface area (Å²) in [6.45, 7) is 2.69. The number of anilines is 1. The summed E-state index contributed by atoms with van der Waals surface area (Å²) in [5, 5.41) is 11.6. The summed E-state index contributed by atoms with van der Waals surface area (Å²) >= 11 is 0. The van der Waals surface area contributed by atoms with Gasteiger partial charge >= 0.3 is 5.97 Å². The molecule has 1 aromatic rings. The van der Waals surface area contributed by atoms with Crippen molar-refractivity contribution in [3.05, 3.63) is 29.6 Å². The zero-order chi connectivity index (χ0) is 13.4. The van der Waals surface area contributed by atoms with E-state index in [0.29, 0.717) is 31.7 Å². The van der Waals surface area contributed by atoms with Crippen LogP contribution in [0.25, 0.3) is 0 Å². The van der Waals surface area contributed by atoms with E-state index in [0.717, 1.165) is 0 Å². The summed E-state index contributed by atoms with van der Waals surface area (Å²) in [4.78, 5) is 11.0. The second kappa shape index (κ2) is 7.28. The van der Waals surface area contributed by atoms with Crippen LogP contribution < -0.4 is 5.32 Å². The molecule has 0 aliphatic heterocycles. The van der Waals surface area contributed by atoms with Crippen LogP contribution in [0.5, 0.6) is 0 Å². The van der Waals surface area contributed by atoms with Crippen LogP contribution in [0.1, 0.15) is 25.3 Å². The molecule has 0 radical (unpaired) electrons. The van der Waals surface area contributed by atoms with Crippen LogP contribution >= 0.6 is 0 Å². The van der Waals surface area contributed by atoms with E-state index >= 15 is 0 Å². The van der Waals surface area contributed by atoms with Crippen molar-refractivity contribution in [1.82, 2.24) is 0 Å². The van der Waals surface area contributed by atoms with Gasteiger partial charge in [-0.05, 0) is 31.5 Å². The maximum atomic E-state index is 13.3. The molecule has 0 unspecified atom stereocenters. The number of nitriles is 1. The molecule has 0 bridgehead atoms. The van der Waals surface area contributed by atoms with Crippen LogP contribution in [0.2, 0.25) is 0 Å². The summed E-state index contributed by atoms with van der Waals surface area (Å²) in [6, 6.07) is 6.07. The molecule has 0 atom stereocenters. The summed E-state index contributed by atoms with van der Waals surface area (Å²) in [7, 11) is 0. The molecular formula is C13H15FN2O2. The highest BCUT2D eigenvalue weighted by Crippen LogP contribution is 2.13. The van der Waals surface area contributed by atoms with Crippen molar-refractivity contribution >= 4 is 11.7 Å². The molecular weight excluding hydrogens is 235 g/mol. The van der Waals surface area contributed by atoms with Gasteiger partial charge < -0.3 is 10.1 Å². The molecule has 4 nitrogen and oxygen atoms in total. The highest BCUT2D eigenvalue weighted by Gasteiger charge is 2.03. The van der Waals surface area contributed by atoms with Crippen molar-refractivity contribution in [2.24, 2.45) is 0 Å². The predicted octanol–water partition coefficient (Wildman–Crippen LogP) is 2.45. The van der Waals surface area contributed by atoms with Crippen LogP contribution in [-0.4, -0.2) is 19.1 Å². The molecule has 0 aromatic heterocycles. The van der Waals surface area contributed by atoms with Gasteiger partial charge in [-0.25, -0.2) is 4.39 Å². The van der Waals surface area contributed by atoms with E-state index in [1.165, 1.54) is 12.1 Å². The number of carbonyl (C=O) groups is 1. The third-order valence-electron chi connectivity index (χ3n) is 2.28. The highest BCUT2D eigenvalue weighted by molar-refractivity contribution is 5.69. The quantitative estimate of drug-likeness (QED) is 0.622. The van der Waals surface area contributed by atoms with E-state index in [2.05, 4.69) is 5.32 Å². The number of nitrogens with zero attached hydrogens (tertiary/aromatic N) is 1. The fourth-order valence-corrected chi connectivity index (χ4v) is 1.41. The Morgan fingerprint density at radius 3 is 2.94 bits per heavy atom. The van der Waals surface area contributed by atoms with Gasteiger partial charge in [0.15, 0.2) is 0 Å². The Hall–Kier alpha value is -2.09. The van der Waals surface area contributed by atoms with Gasteiger partial charge in [0.05, 0.1) is 12.2 Å². The molecule has 0 aliphatic carbocycles. The maximum Gasteiger partial charge on any atom is 0.305 e. The van der Waals surface area contributed by atoms with E-state index in [1.807, 2.05) is 0 Å². The topological polar surface area (TPSA) is 62.1 Å². The van der Waals surface area contributed by atoms with Gasteiger partial charge in [-0.3, -0.25) is 4.79 Å². The number of nitrogens with one attached hydrogen (secondary N) is 1. The molecule has 0 saturated heterocycles. The summed E-state index contributed by atoms with van der Waals surface area (Å²) in [5.74, 6) is -0.779. The van der Waals surface area contributed by atoms with Crippen molar-refractivity contribution in [2.75, 3.05) is 18.5 Å². The van der Waals surface area contributed by atoms with Gasteiger partial charge in [-0.15, -0.1) is 0 Å². The van der Waals surface area contributed by atoms with Crippen molar-refractivity contribution in [1.29, 1.82) is 5.26 Å². The average Bonchev–Trinajstić information content (AvgIpc) is 2.35. The Labute approximate surface area is 105 Å². The van der Waals surface area contributed by atoms with Crippen LogP contribution in [0.15, 0.2) is 18.2 Å². The van der Waals surface area contributed by atoms with Crippen molar-refractivity contribution in [3.8, 4) is 6.07 Å². The van der Waals surface area contributed by atoms with E-state index in [4.69, 9.17) is 10.00 Å². The molecule has 0 spiro atoms. The number of benzene rings is 1. The summed E-state index contributed by atoms with van der Waals surface area (Å²) in [6.07, 6.45) is 0.944. The number of hydrogen-bond acceptors (Lipinski definition) is 4. The monoisotopic (exact) mass is 250 g/mol. The van der Waals surface area contributed by atoms with Crippen LogP contribution in [0, 0.1) is 17.1 Å². The normalized spacial score (nSPS) is 9.61. The summed E-state index contributed by atoms with van der Waals surface area (Å²) in [5.41, 5.74) is 0.613. The largest absolute Gasteiger partial charge is 0.466 e. The maximum absolute atomic E-state index is 13.3. The SMILES string of the molecule is CCOC(=O)CCCNc1ccc(C#N)c(F)c1. The molecule has 18 heavy (non-hydrogen) atoms. The lowest BCUT2D eigenvalue weighted by Gasteiger charge is -2.06. The Kier molecular flexibility index (Phi) is 5.65. The molecule has 0 aliphatic rings. The molecule has 1 rings (SSSR count). The molecule has 5 heteroatoms. The molecule has 96 valence electrons. The second-order valence-corrected chi connectivity index (χ2v) is 3.64. The van der Waals surface area contributed by atoms with Crippen molar-refractivity contribution in [3.63, 3.8) is 0 Å². The van der Waals surface area contributed by atoms with Gasteiger partial charge in [-0.1, -0.05) is 0 Å². The molecule has 0 saturated carbocycles. The van der Waals surface area contributed by atoms with E-state index in [-0.39, 0.29) is 11.5 Å². The van der Waals surface area contributed by atoms with E-state index in [1.54, 1.807) is 19.1 Å². The smallest absolute Gasteiger partial charge is 0.305 e. The average molecular weight is 250 g/mol. The predicted molar refractivity (Wildman–Crippen MR) is 65.5 cm³/mol. The lowest BCUT2D eigenvalue weighted by Crippen LogP contribution is -2.08. The fourth-order valence-electron chi connectivity index (χ4n) is 1.41. The number of carbonyl (C=O) groups excluding carboxylic acids is 1. The molecule has 1 aromatic carbocycles. The highest BCUT2D eigenvalue weighted by atomic mass is 19.1. The molecule has 0 amide bonds. The first-order valence-corrected chi connectivity index (χ1v) is 5.76. The second-order valence-electron chi connectivity index (χ2n) is 3.64. The van der Waals surface area contributed by atoms with Gasteiger partial charge in [0.2, 0.25) is 0 Å². The van der Waals surface area contributed by atoms with Gasteiger partial charge in [-0.2, -0.15) is 5.26 Å². The minimum Gasteiger partial charge on any atom is -0.466 e.